The summed E-state index contributed by atoms with van der Waals surface area (Å²) in [6, 6.07) is 31.8. The van der Waals surface area contributed by atoms with Crippen LogP contribution in [0, 0.1) is 0 Å². The molecule has 3 nitrogen and oxygen atoms in total. The summed E-state index contributed by atoms with van der Waals surface area (Å²) < 4.78 is 11.7. The molecule has 0 N–H and O–H groups in total. The SMILES string of the molecule is CCc1nc([P+](c2ccccc2)(c2ccccc2)c2ccccc2)c(OC)o1. The molecule has 3 aromatic carbocycles. The van der Waals surface area contributed by atoms with Gasteiger partial charge in [0.15, 0.2) is 7.26 Å². The molecule has 0 fully saturated rings. The minimum atomic E-state index is -2.28. The topological polar surface area (TPSA) is 35.3 Å². The molecule has 0 radical (unpaired) electrons. The van der Waals surface area contributed by atoms with E-state index in [4.69, 9.17) is 14.1 Å². The lowest BCUT2D eigenvalue weighted by Crippen LogP contribution is -2.39. The zero-order valence-corrected chi connectivity index (χ0v) is 17.0. The van der Waals surface area contributed by atoms with Gasteiger partial charge in [-0.15, -0.1) is 0 Å². The highest BCUT2D eigenvalue weighted by Gasteiger charge is 2.53. The molecule has 0 saturated carbocycles. The van der Waals surface area contributed by atoms with Crippen molar-refractivity contribution in [2.75, 3.05) is 7.11 Å². The highest BCUT2D eigenvalue weighted by Crippen LogP contribution is 2.55. The van der Waals surface area contributed by atoms with Crippen LogP contribution in [0.1, 0.15) is 12.8 Å². The maximum atomic E-state index is 5.98. The maximum absolute atomic E-state index is 5.98. The Morgan fingerprint density at radius 3 is 1.54 bits per heavy atom. The number of oxazole rings is 1. The van der Waals surface area contributed by atoms with Crippen molar-refractivity contribution in [2.45, 2.75) is 13.3 Å². The van der Waals surface area contributed by atoms with Crippen LogP contribution in [-0.2, 0) is 6.42 Å². The van der Waals surface area contributed by atoms with E-state index >= 15 is 0 Å². The van der Waals surface area contributed by atoms with Crippen LogP contribution >= 0.6 is 7.26 Å². The summed E-state index contributed by atoms with van der Waals surface area (Å²) in [6.07, 6.45) is 0.717. The molecule has 0 spiro atoms. The highest BCUT2D eigenvalue weighted by molar-refractivity contribution is 8.01. The van der Waals surface area contributed by atoms with E-state index in [9.17, 15) is 0 Å². The molecule has 0 bridgehead atoms. The van der Waals surface area contributed by atoms with E-state index < -0.39 is 7.26 Å². The summed E-state index contributed by atoms with van der Waals surface area (Å²) in [6.45, 7) is 2.04. The minimum Gasteiger partial charge on any atom is -0.464 e. The predicted octanol–water partition coefficient (Wildman–Crippen LogP) is 3.87. The third-order valence-electron chi connectivity index (χ3n) is 4.86. The van der Waals surface area contributed by atoms with Crippen molar-refractivity contribution >= 4 is 28.6 Å². The lowest BCUT2D eigenvalue weighted by atomic mass is 10.4. The van der Waals surface area contributed by atoms with E-state index in [2.05, 4.69) is 72.8 Å². The van der Waals surface area contributed by atoms with Crippen molar-refractivity contribution in [3.8, 4) is 5.95 Å². The fraction of sp³-hybridized carbons (Fsp3) is 0.125. The van der Waals surface area contributed by atoms with Crippen LogP contribution in [-0.4, -0.2) is 12.1 Å². The molecule has 0 atom stereocenters. The molecule has 28 heavy (non-hydrogen) atoms. The molecule has 0 aliphatic rings. The van der Waals surface area contributed by atoms with Gasteiger partial charge in [0.1, 0.15) is 15.9 Å². The van der Waals surface area contributed by atoms with E-state index in [1.807, 2.05) is 25.1 Å². The Kier molecular flexibility index (Phi) is 5.27. The minimum absolute atomic E-state index is 0.502. The first-order valence-electron chi connectivity index (χ1n) is 9.40. The van der Waals surface area contributed by atoms with Gasteiger partial charge >= 0.3 is 5.95 Å². The smallest absolute Gasteiger partial charge is 0.352 e. The van der Waals surface area contributed by atoms with Crippen molar-refractivity contribution in [2.24, 2.45) is 0 Å². The molecular weight excluding hydrogens is 365 g/mol. The average Bonchev–Trinajstić information content (AvgIpc) is 3.20. The van der Waals surface area contributed by atoms with Crippen LogP contribution in [0.4, 0.5) is 0 Å². The molecule has 1 heterocycles. The molecule has 0 amide bonds. The van der Waals surface area contributed by atoms with Crippen molar-refractivity contribution in [3.05, 3.63) is 96.9 Å². The summed E-state index contributed by atoms with van der Waals surface area (Å²) in [5.74, 6) is 1.20. The van der Waals surface area contributed by atoms with E-state index in [-0.39, 0.29) is 0 Å². The monoisotopic (exact) mass is 388 g/mol. The molecule has 4 heteroatoms. The number of benzene rings is 3. The second-order valence-corrected chi connectivity index (χ2v) is 9.77. The fourth-order valence-corrected chi connectivity index (χ4v) is 7.76. The number of hydrogen-bond acceptors (Lipinski definition) is 3. The molecule has 0 aliphatic carbocycles. The molecule has 4 rings (SSSR count). The Bertz CT molecular complexity index is 934. The Hall–Kier alpha value is -2.90. The highest BCUT2D eigenvalue weighted by atomic mass is 31.2. The van der Waals surface area contributed by atoms with Gasteiger partial charge < -0.3 is 9.15 Å². The van der Waals surface area contributed by atoms with Crippen LogP contribution in [0.2, 0.25) is 0 Å². The Labute approximate surface area is 166 Å². The average molecular weight is 388 g/mol. The molecule has 1 aromatic heterocycles. The molecule has 140 valence electrons. The van der Waals surface area contributed by atoms with Gasteiger partial charge in [0.25, 0.3) is 5.44 Å². The number of aryl methyl sites for hydroxylation is 1. The van der Waals surface area contributed by atoms with Crippen LogP contribution in [0.5, 0.6) is 5.95 Å². The van der Waals surface area contributed by atoms with E-state index in [1.165, 1.54) is 15.9 Å². The van der Waals surface area contributed by atoms with Crippen molar-refractivity contribution in [1.29, 1.82) is 0 Å². The molecule has 0 saturated heterocycles. The quantitative estimate of drug-likeness (QED) is 0.471. The van der Waals surface area contributed by atoms with Gasteiger partial charge in [-0.1, -0.05) is 61.5 Å². The summed E-state index contributed by atoms with van der Waals surface area (Å²) in [7, 11) is -0.630. The van der Waals surface area contributed by atoms with Gasteiger partial charge in [0.2, 0.25) is 5.89 Å². The van der Waals surface area contributed by atoms with Gasteiger partial charge in [-0.05, 0) is 36.4 Å². The van der Waals surface area contributed by atoms with Crippen LogP contribution in [0.3, 0.4) is 0 Å². The van der Waals surface area contributed by atoms with Gasteiger partial charge in [0, 0.05) is 6.42 Å². The number of aromatic nitrogens is 1. The first kappa shape index (κ1) is 18.5. The normalized spacial score (nSPS) is 11.4. The maximum Gasteiger partial charge on any atom is 0.352 e. The number of hydrogen-bond donors (Lipinski definition) is 0. The Morgan fingerprint density at radius 2 is 1.18 bits per heavy atom. The van der Waals surface area contributed by atoms with Crippen LogP contribution in [0.15, 0.2) is 95.4 Å². The summed E-state index contributed by atoms with van der Waals surface area (Å²) in [5, 5.41) is 3.67. The third kappa shape index (κ3) is 3.02. The lowest BCUT2D eigenvalue weighted by Gasteiger charge is -2.25. The van der Waals surface area contributed by atoms with E-state index in [1.54, 1.807) is 7.11 Å². The van der Waals surface area contributed by atoms with E-state index in [0.717, 1.165) is 5.44 Å². The lowest BCUT2D eigenvalue weighted by molar-refractivity contribution is 0.297. The van der Waals surface area contributed by atoms with Crippen LogP contribution in [0.25, 0.3) is 0 Å². The number of rotatable bonds is 6. The Morgan fingerprint density at radius 1 is 0.750 bits per heavy atom. The molecule has 0 aliphatic heterocycles. The molecule has 0 unspecified atom stereocenters. The molecular formula is C24H23NO2P+. The number of nitrogens with zero attached hydrogens (tertiary/aromatic N) is 1. The van der Waals surface area contributed by atoms with Gasteiger partial charge in [-0.3, -0.25) is 0 Å². The van der Waals surface area contributed by atoms with E-state index in [0.29, 0.717) is 18.3 Å². The largest absolute Gasteiger partial charge is 0.464 e. The van der Waals surface area contributed by atoms with Crippen molar-refractivity contribution < 1.29 is 9.15 Å². The predicted molar refractivity (Wildman–Crippen MR) is 117 cm³/mol. The standard InChI is InChI=1S/C24H23NO2P/c1-3-22-25-23(24(26-2)27-22)28(19-13-7-4-8-14-19,20-15-9-5-10-16-20)21-17-11-6-12-18-21/h4-18H,3H2,1-2H3/q+1. The van der Waals surface area contributed by atoms with Crippen molar-refractivity contribution in [3.63, 3.8) is 0 Å². The van der Waals surface area contributed by atoms with Gasteiger partial charge in [-0.2, -0.15) is 4.98 Å². The molecule has 4 aromatic rings. The number of methoxy groups -OCH3 is 1. The Balaban J connectivity index is 2.15. The van der Waals surface area contributed by atoms with Crippen LogP contribution < -0.4 is 26.1 Å². The third-order valence-corrected chi connectivity index (χ3v) is 9.00. The van der Waals surface area contributed by atoms with Gasteiger partial charge in [-0.25, -0.2) is 0 Å². The first-order valence-corrected chi connectivity index (χ1v) is 11.2. The zero-order valence-electron chi connectivity index (χ0n) is 16.1. The summed E-state index contributed by atoms with van der Waals surface area (Å²) in [5.41, 5.74) is 0.885. The summed E-state index contributed by atoms with van der Waals surface area (Å²) in [4.78, 5) is 4.96. The fourth-order valence-electron chi connectivity index (χ4n) is 3.60. The second-order valence-electron chi connectivity index (χ2n) is 6.45. The number of ether oxygens (including phenoxy) is 1. The second kappa shape index (κ2) is 8.00. The zero-order chi connectivity index (χ0) is 19.4. The summed E-state index contributed by atoms with van der Waals surface area (Å²) >= 11 is 0. The van der Waals surface area contributed by atoms with Crippen molar-refractivity contribution in [1.82, 2.24) is 4.98 Å². The van der Waals surface area contributed by atoms with Gasteiger partial charge in [0.05, 0.1) is 7.11 Å². The first-order chi connectivity index (χ1) is 13.8.